The Balaban J connectivity index is 1.35. The molecule has 0 aromatic heterocycles. The summed E-state index contributed by atoms with van der Waals surface area (Å²) in [6.07, 6.45) is 0. The molecular formula is C37H28N2S2. The van der Waals surface area contributed by atoms with Gasteiger partial charge in [-0.25, -0.2) is 0 Å². The molecule has 0 saturated carbocycles. The first-order chi connectivity index (χ1) is 20.1. The Morgan fingerprint density at radius 2 is 0.805 bits per heavy atom. The Kier molecular flexibility index (Phi) is 6.58. The van der Waals surface area contributed by atoms with Gasteiger partial charge in [-0.15, -0.1) is 0 Å². The molecule has 0 amide bonds. The monoisotopic (exact) mass is 564 g/mol. The lowest BCUT2D eigenvalue weighted by Gasteiger charge is -2.34. The van der Waals surface area contributed by atoms with Gasteiger partial charge in [-0.2, -0.15) is 0 Å². The minimum Gasteiger partial charge on any atom is -0.399 e. The van der Waals surface area contributed by atoms with Crippen LogP contribution in [-0.4, -0.2) is 0 Å². The fourth-order valence-corrected chi connectivity index (χ4v) is 7.77. The second-order valence-electron chi connectivity index (χ2n) is 10.2. The molecule has 1 aliphatic carbocycles. The quantitative estimate of drug-likeness (QED) is 0.198. The molecule has 6 aromatic rings. The van der Waals surface area contributed by atoms with Crippen LogP contribution in [0.1, 0.15) is 22.3 Å². The maximum Gasteiger partial charge on any atom is 0.0713 e. The zero-order valence-corrected chi connectivity index (χ0v) is 24.0. The molecule has 0 spiro atoms. The summed E-state index contributed by atoms with van der Waals surface area (Å²) in [7, 11) is 0. The normalized spacial score (nSPS) is 13.0. The number of hydrogen-bond donors (Lipinski definition) is 2. The maximum absolute atomic E-state index is 6.03. The molecule has 41 heavy (non-hydrogen) atoms. The summed E-state index contributed by atoms with van der Waals surface area (Å²) in [6, 6.07) is 51.9. The molecule has 0 aliphatic heterocycles. The highest BCUT2D eigenvalue weighted by molar-refractivity contribution is 7.99. The molecule has 0 fully saturated rings. The summed E-state index contributed by atoms with van der Waals surface area (Å²) >= 11 is 3.46. The van der Waals surface area contributed by atoms with Gasteiger partial charge in [0, 0.05) is 31.0 Å². The van der Waals surface area contributed by atoms with E-state index in [0.29, 0.717) is 0 Å². The van der Waals surface area contributed by atoms with Gasteiger partial charge in [0.2, 0.25) is 0 Å². The van der Waals surface area contributed by atoms with Crippen molar-refractivity contribution in [3.8, 4) is 11.1 Å². The van der Waals surface area contributed by atoms with E-state index < -0.39 is 5.41 Å². The van der Waals surface area contributed by atoms with E-state index in [1.165, 1.54) is 43.2 Å². The number of fused-ring (bicyclic) bond motifs is 3. The van der Waals surface area contributed by atoms with Crippen molar-refractivity contribution in [3.05, 3.63) is 168 Å². The second kappa shape index (κ2) is 10.5. The third-order valence-corrected chi connectivity index (χ3v) is 9.71. The van der Waals surface area contributed by atoms with Crippen molar-refractivity contribution in [2.75, 3.05) is 11.5 Å². The molecule has 6 aromatic carbocycles. The smallest absolute Gasteiger partial charge is 0.0713 e. The van der Waals surface area contributed by atoms with E-state index in [0.717, 1.165) is 21.2 Å². The average molecular weight is 565 g/mol. The van der Waals surface area contributed by atoms with Gasteiger partial charge in [0.05, 0.1) is 5.41 Å². The molecule has 4 heteroatoms. The molecule has 4 N–H and O–H groups in total. The second-order valence-corrected chi connectivity index (χ2v) is 12.5. The summed E-state index contributed by atoms with van der Waals surface area (Å²) < 4.78 is 0. The number of nitrogens with two attached hydrogens (primary N) is 2. The van der Waals surface area contributed by atoms with Crippen molar-refractivity contribution in [1.29, 1.82) is 0 Å². The van der Waals surface area contributed by atoms with Crippen molar-refractivity contribution in [2.45, 2.75) is 25.0 Å². The molecule has 7 rings (SSSR count). The Bertz CT molecular complexity index is 1720. The molecule has 0 radical (unpaired) electrons. The van der Waals surface area contributed by atoms with Gasteiger partial charge >= 0.3 is 0 Å². The van der Waals surface area contributed by atoms with E-state index in [1.54, 1.807) is 23.5 Å². The van der Waals surface area contributed by atoms with Gasteiger partial charge in [0.1, 0.15) is 0 Å². The summed E-state index contributed by atoms with van der Waals surface area (Å²) in [6.45, 7) is 0. The van der Waals surface area contributed by atoms with Gasteiger partial charge in [-0.05, 0) is 94.0 Å². The highest BCUT2D eigenvalue weighted by atomic mass is 32.2. The van der Waals surface area contributed by atoms with Gasteiger partial charge in [-0.3, -0.25) is 0 Å². The number of benzene rings is 6. The van der Waals surface area contributed by atoms with E-state index in [9.17, 15) is 0 Å². The first kappa shape index (κ1) is 25.6. The van der Waals surface area contributed by atoms with Crippen LogP contribution in [0.4, 0.5) is 11.4 Å². The lowest BCUT2D eigenvalue weighted by molar-refractivity contribution is 0.766. The molecular weight excluding hydrogens is 537 g/mol. The van der Waals surface area contributed by atoms with Crippen LogP contribution < -0.4 is 11.5 Å². The lowest BCUT2D eigenvalue weighted by atomic mass is 9.68. The summed E-state index contributed by atoms with van der Waals surface area (Å²) in [4.78, 5) is 4.64. The zero-order chi connectivity index (χ0) is 27.8. The molecule has 2 nitrogen and oxygen atoms in total. The van der Waals surface area contributed by atoms with E-state index in [4.69, 9.17) is 11.5 Å². The first-order valence-electron chi connectivity index (χ1n) is 13.6. The predicted molar refractivity (Wildman–Crippen MR) is 174 cm³/mol. The summed E-state index contributed by atoms with van der Waals surface area (Å²) in [5, 5.41) is 0. The summed E-state index contributed by atoms with van der Waals surface area (Å²) in [5.41, 5.74) is 20.9. The molecule has 0 bridgehead atoms. The first-order valence-corrected chi connectivity index (χ1v) is 15.2. The van der Waals surface area contributed by atoms with Gasteiger partial charge in [0.25, 0.3) is 0 Å². The van der Waals surface area contributed by atoms with Crippen LogP contribution in [0.2, 0.25) is 0 Å². The van der Waals surface area contributed by atoms with Crippen LogP contribution in [0.5, 0.6) is 0 Å². The molecule has 0 saturated heterocycles. The largest absolute Gasteiger partial charge is 0.399 e. The van der Waals surface area contributed by atoms with Crippen LogP contribution in [0.3, 0.4) is 0 Å². The van der Waals surface area contributed by atoms with Crippen LogP contribution in [-0.2, 0) is 5.41 Å². The molecule has 1 aliphatic rings. The van der Waals surface area contributed by atoms with E-state index >= 15 is 0 Å². The van der Waals surface area contributed by atoms with Crippen LogP contribution in [0, 0.1) is 0 Å². The third kappa shape index (κ3) is 4.59. The predicted octanol–water partition coefficient (Wildman–Crippen LogP) is 9.52. The Morgan fingerprint density at radius 1 is 0.390 bits per heavy atom. The molecule has 0 unspecified atom stereocenters. The Labute approximate surface area is 249 Å². The van der Waals surface area contributed by atoms with Gasteiger partial charge in [0.15, 0.2) is 0 Å². The van der Waals surface area contributed by atoms with Crippen LogP contribution in [0.15, 0.2) is 165 Å². The third-order valence-electron chi connectivity index (χ3n) is 7.71. The minimum absolute atomic E-state index is 0.423. The summed E-state index contributed by atoms with van der Waals surface area (Å²) in [5.74, 6) is 0. The van der Waals surface area contributed by atoms with Crippen molar-refractivity contribution >= 4 is 34.9 Å². The van der Waals surface area contributed by atoms with Gasteiger partial charge in [-0.1, -0.05) is 108 Å². The topological polar surface area (TPSA) is 52.0 Å². The van der Waals surface area contributed by atoms with Crippen molar-refractivity contribution in [1.82, 2.24) is 0 Å². The standard InChI is InChI=1S/C37H28N2S2/c38-27-7-5-9-31(23-27)40-29-19-15-25(16-20-29)37(35-13-3-1-11-33(35)34-12-2-4-14-36(34)37)26-17-21-30(22-18-26)41-32-10-6-8-28(39)24-32/h1-24H,38-39H2. The number of anilines is 2. The lowest BCUT2D eigenvalue weighted by Crippen LogP contribution is -2.28. The van der Waals surface area contributed by atoms with Crippen LogP contribution in [0.25, 0.3) is 11.1 Å². The SMILES string of the molecule is Nc1cccc(Sc2ccc(C3(c4ccc(Sc5cccc(N)c5)cc4)c4ccccc4-c4ccccc43)cc2)c1. The van der Waals surface area contributed by atoms with E-state index in [-0.39, 0.29) is 0 Å². The highest BCUT2D eigenvalue weighted by Gasteiger charge is 2.45. The van der Waals surface area contributed by atoms with Crippen LogP contribution >= 0.6 is 23.5 Å². The highest BCUT2D eigenvalue weighted by Crippen LogP contribution is 2.56. The molecule has 0 heterocycles. The molecule has 198 valence electrons. The minimum atomic E-state index is -0.423. The Hall–Kier alpha value is -4.38. The van der Waals surface area contributed by atoms with E-state index in [2.05, 4.69) is 109 Å². The number of nitrogen functional groups attached to an aromatic ring is 2. The van der Waals surface area contributed by atoms with Crippen molar-refractivity contribution in [2.24, 2.45) is 0 Å². The molecule has 0 atom stereocenters. The van der Waals surface area contributed by atoms with Gasteiger partial charge < -0.3 is 11.5 Å². The Morgan fingerprint density at radius 3 is 1.22 bits per heavy atom. The fraction of sp³-hybridized carbons (Fsp3) is 0.0270. The zero-order valence-electron chi connectivity index (χ0n) is 22.3. The fourth-order valence-electron chi connectivity index (χ4n) is 6.00. The van der Waals surface area contributed by atoms with E-state index in [1.807, 2.05) is 36.4 Å². The number of rotatable bonds is 6. The average Bonchev–Trinajstić information content (AvgIpc) is 3.29. The number of hydrogen-bond acceptors (Lipinski definition) is 4. The van der Waals surface area contributed by atoms with Crippen molar-refractivity contribution < 1.29 is 0 Å². The maximum atomic E-state index is 6.03. The van der Waals surface area contributed by atoms with Crippen molar-refractivity contribution in [3.63, 3.8) is 0 Å².